The van der Waals surface area contributed by atoms with E-state index in [1.54, 1.807) is 23.2 Å². The van der Waals surface area contributed by atoms with E-state index in [4.69, 9.17) is 15.8 Å². The largest absolute Gasteiger partial charge is 0.478 e. The molecule has 0 bridgehead atoms. The molecule has 0 radical (unpaired) electrons. The Bertz CT molecular complexity index is 1460. The number of nitrogens with zero attached hydrogens (tertiary/aromatic N) is 6. The minimum atomic E-state index is -1.10. The van der Waals surface area contributed by atoms with Gasteiger partial charge in [-0.15, -0.1) is 0 Å². The van der Waals surface area contributed by atoms with Gasteiger partial charge in [-0.05, 0) is 31.6 Å². The smallest absolute Gasteiger partial charge is 0.328 e. The molecule has 0 saturated carbocycles. The predicted molar refractivity (Wildman–Crippen MR) is 129 cm³/mol. The summed E-state index contributed by atoms with van der Waals surface area (Å²) in [5.41, 5.74) is 7.74. The highest BCUT2D eigenvalue weighted by atomic mass is 16.4. The molecule has 4 aromatic rings. The van der Waals surface area contributed by atoms with E-state index in [0.29, 0.717) is 46.0 Å². The van der Waals surface area contributed by atoms with Gasteiger partial charge in [0.2, 0.25) is 5.95 Å². The van der Waals surface area contributed by atoms with E-state index in [9.17, 15) is 9.59 Å². The number of rotatable bonds is 7. The maximum atomic E-state index is 13.5. The van der Waals surface area contributed by atoms with Crippen molar-refractivity contribution in [3.05, 3.63) is 70.0 Å². The summed E-state index contributed by atoms with van der Waals surface area (Å²) in [6.45, 7) is 3.66. The molecule has 1 atom stereocenters. The van der Waals surface area contributed by atoms with Gasteiger partial charge in [0.15, 0.2) is 5.65 Å². The molecular formula is C23H24N8O3. The fraction of sp³-hybridized carbons (Fsp3) is 0.217. The molecule has 4 rings (SSSR count). The van der Waals surface area contributed by atoms with Gasteiger partial charge in [0.05, 0.1) is 23.6 Å². The van der Waals surface area contributed by atoms with Crippen LogP contribution in [-0.4, -0.2) is 40.4 Å². The van der Waals surface area contributed by atoms with Crippen molar-refractivity contribution in [2.75, 3.05) is 11.1 Å². The number of aromatic nitrogens is 6. The summed E-state index contributed by atoms with van der Waals surface area (Å²) < 4.78 is 3.10. The van der Waals surface area contributed by atoms with Crippen molar-refractivity contribution >= 4 is 34.8 Å². The SMILES string of the molecule is CCC(Nc1nc(N)nc(C)c1/C=C/C(=O)O)c1nc2c(cnn2C)c(=O)n1-c1ccccc1. The van der Waals surface area contributed by atoms with Gasteiger partial charge in [0.1, 0.15) is 17.0 Å². The van der Waals surface area contributed by atoms with Gasteiger partial charge in [0, 0.05) is 18.7 Å². The first-order valence-electron chi connectivity index (χ1n) is 10.6. The standard InChI is InChI=1S/C23H24N8O3/c1-4-17(27-19-15(10-11-18(32)33)13(2)26-23(24)28-19)21-29-20-16(12-25-30(20)3)22(34)31(21)14-8-6-5-7-9-14/h5-12,17H,4H2,1-3H3,(H,32,33)(H3,24,26,27,28)/b11-10+. The van der Waals surface area contributed by atoms with Gasteiger partial charge in [-0.1, -0.05) is 25.1 Å². The lowest BCUT2D eigenvalue weighted by molar-refractivity contribution is -0.131. The van der Waals surface area contributed by atoms with Crippen LogP contribution in [0.3, 0.4) is 0 Å². The molecule has 1 unspecified atom stereocenters. The van der Waals surface area contributed by atoms with Crippen molar-refractivity contribution in [2.24, 2.45) is 7.05 Å². The van der Waals surface area contributed by atoms with Crippen molar-refractivity contribution in [3.63, 3.8) is 0 Å². The maximum absolute atomic E-state index is 13.5. The normalized spacial score (nSPS) is 12.3. The van der Waals surface area contributed by atoms with E-state index in [1.165, 1.54) is 12.3 Å². The third-order valence-electron chi connectivity index (χ3n) is 5.38. The molecule has 11 nitrogen and oxygen atoms in total. The first-order valence-corrected chi connectivity index (χ1v) is 10.6. The molecule has 0 fully saturated rings. The predicted octanol–water partition coefficient (Wildman–Crippen LogP) is 2.46. The number of nitrogen functional groups attached to an aromatic ring is 1. The zero-order valence-corrected chi connectivity index (χ0v) is 18.9. The molecule has 174 valence electrons. The minimum absolute atomic E-state index is 0.0397. The lowest BCUT2D eigenvalue weighted by Gasteiger charge is -2.23. The highest BCUT2D eigenvalue weighted by molar-refractivity contribution is 5.87. The van der Waals surface area contributed by atoms with E-state index in [-0.39, 0.29) is 11.5 Å². The average Bonchev–Trinajstić information content (AvgIpc) is 3.18. The van der Waals surface area contributed by atoms with Crippen LogP contribution in [0.5, 0.6) is 0 Å². The Morgan fingerprint density at radius 2 is 1.97 bits per heavy atom. The van der Waals surface area contributed by atoms with E-state index < -0.39 is 12.0 Å². The quantitative estimate of drug-likeness (QED) is 0.353. The van der Waals surface area contributed by atoms with Gasteiger partial charge in [-0.2, -0.15) is 10.1 Å². The van der Waals surface area contributed by atoms with Crippen LogP contribution in [0.2, 0.25) is 0 Å². The molecule has 0 saturated heterocycles. The molecule has 0 aliphatic heterocycles. The summed E-state index contributed by atoms with van der Waals surface area (Å²) >= 11 is 0. The number of hydrogen-bond donors (Lipinski definition) is 3. The number of nitrogens with two attached hydrogens (primary N) is 1. The van der Waals surface area contributed by atoms with Crippen molar-refractivity contribution in [3.8, 4) is 5.69 Å². The number of carboxylic acids is 1. The number of aliphatic carboxylic acids is 1. The highest BCUT2D eigenvalue weighted by Crippen LogP contribution is 2.27. The van der Waals surface area contributed by atoms with Crippen LogP contribution in [-0.2, 0) is 11.8 Å². The Hall–Kier alpha value is -4.54. The molecule has 3 heterocycles. The summed E-state index contributed by atoms with van der Waals surface area (Å²) in [5.74, 6) is -0.264. The highest BCUT2D eigenvalue weighted by Gasteiger charge is 2.23. The van der Waals surface area contributed by atoms with E-state index >= 15 is 0 Å². The van der Waals surface area contributed by atoms with Crippen LogP contribution in [0, 0.1) is 6.92 Å². The van der Waals surface area contributed by atoms with Crippen LogP contribution < -0.4 is 16.6 Å². The van der Waals surface area contributed by atoms with E-state index in [1.807, 2.05) is 37.3 Å². The number of aryl methyl sites for hydroxylation is 2. The molecule has 34 heavy (non-hydrogen) atoms. The topological polar surface area (TPSA) is 154 Å². The van der Waals surface area contributed by atoms with Crippen molar-refractivity contribution in [1.82, 2.24) is 29.3 Å². The number of para-hydroxylation sites is 1. The van der Waals surface area contributed by atoms with Crippen LogP contribution in [0.4, 0.5) is 11.8 Å². The van der Waals surface area contributed by atoms with Gasteiger partial charge in [-0.3, -0.25) is 14.0 Å². The zero-order chi connectivity index (χ0) is 24.4. The first kappa shape index (κ1) is 22.6. The Labute approximate surface area is 194 Å². The third-order valence-corrected chi connectivity index (χ3v) is 5.38. The Balaban J connectivity index is 1.92. The van der Waals surface area contributed by atoms with Crippen LogP contribution in [0.25, 0.3) is 22.8 Å². The van der Waals surface area contributed by atoms with Gasteiger partial charge in [0.25, 0.3) is 5.56 Å². The van der Waals surface area contributed by atoms with Crippen LogP contribution in [0.15, 0.2) is 47.4 Å². The molecule has 0 spiro atoms. The Morgan fingerprint density at radius 1 is 1.24 bits per heavy atom. The molecule has 0 aliphatic rings. The molecule has 0 amide bonds. The molecule has 0 aliphatic carbocycles. The number of hydrogen-bond acceptors (Lipinski definition) is 8. The van der Waals surface area contributed by atoms with Crippen LogP contribution >= 0.6 is 0 Å². The summed E-state index contributed by atoms with van der Waals surface area (Å²) in [6, 6.07) is 8.74. The molecule has 11 heteroatoms. The number of carboxylic acid groups (broad SMARTS) is 1. The van der Waals surface area contributed by atoms with E-state index in [2.05, 4.69) is 20.4 Å². The van der Waals surface area contributed by atoms with Crippen LogP contribution in [0.1, 0.15) is 36.5 Å². The molecule has 3 aromatic heterocycles. The number of anilines is 2. The maximum Gasteiger partial charge on any atom is 0.328 e. The lowest BCUT2D eigenvalue weighted by atomic mass is 10.1. The summed E-state index contributed by atoms with van der Waals surface area (Å²) in [4.78, 5) is 37.9. The second kappa shape index (κ2) is 9.14. The third kappa shape index (κ3) is 4.22. The summed E-state index contributed by atoms with van der Waals surface area (Å²) in [6.07, 6.45) is 4.46. The fourth-order valence-corrected chi connectivity index (χ4v) is 3.74. The monoisotopic (exact) mass is 460 g/mol. The minimum Gasteiger partial charge on any atom is -0.478 e. The molecule has 4 N–H and O–H groups in total. The summed E-state index contributed by atoms with van der Waals surface area (Å²) in [5, 5.41) is 17.0. The molecular weight excluding hydrogens is 436 g/mol. The Kier molecular flexibility index (Phi) is 6.09. The number of carbonyl (C=O) groups is 1. The van der Waals surface area contributed by atoms with Crippen molar-refractivity contribution < 1.29 is 9.90 Å². The average molecular weight is 460 g/mol. The van der Waals surface area contributed by atoms with Gasteiger partial charge < -0.3 is 16.2 Å². The Morgan fingerprint density at radius 3 is 2.65 bits per heavy atom. The number of benzene rings is 1. The zero-order valence-electron chi connectivity index (χ0n) is 18.9. The van der Waals surface area contributed by atoms with Gasteiger partial charge >= 0.3 is 5.97 Å². The second-order valence-electron chi connectivity index (χ2n) is 7.66. The lowest BCUT2D eigenvalue weighted by Crippen LogP contribution is -2.28. The summed E-state index contributed by atoms with van der Waals surface area (Å²) in [7, 11) is 1.73. The molecule has 1 aromatic carbocycles. The fourth-order valence-electron chi connectivity index (χ4n) is 3.74. The number of nitrogens with one attached hydrogen (secondary N) is 1. The van der Waals surface area contributed by atoms with Gasteiger partial charge in [-0.25, -0.2) is 14.8 Å². The number of fused-ring (bicyclic) bond motifs is 1. The van der Waals surface area contributed by atoms with Crippen molar-refractivity contribution in [2.45, 2.75) is 26.3 Å². The second-order valence-corrected chi connectivity index (χ2v) is 7.66. The van der Waals surface area contributed by atoms with E-state index in [0.717, 1.165) is 6.08 Å². The van der Waals surface area contributed by atoms with Crippen molar-refractivity contribution in [1.29, 1.82) is 0 Å². The first-order chi connectivity index (χ1) is 16.3.